The van der Waals surface area contributed by atoms with E-state index in [2.05, 4.69) is 15.9 Å². The van der Waals surface area contributed by atoms with Crippen LogP contribution in [0, 0.1) is 5.82 Å². The molecule has 104 valence electrons. The number of anilines is 1. The van der Waals surface area contributed by atoms with E-state index >= 15 is 0 Å². The number of nitrogens with two attached hydrogens (primary N) is 1. The van der Waals surface area contributed by atoms with Crippen molar-refractivity contribution in [1.82, 2.24) is 0 Å². The molecular weight excluding hydrogens is 325 g/mol. The normalized spacial score (nSPS) is 10.3. The van der Waals surface area contributed by atoms with Gasteiger partial charge in [0, 0.05) is 11.3 Å². The molecular formula is C15H13BrFNO2. The smallest absolute Gasteiger partial charge is 0.196 e. The number of hydrogen-bond donors (Lipinski definition) is 1. The fourth-order valence-electron chi connectivity index (χ4n) is 1.79. The third-order valence-corrected chi connectivity index (χ3v) is 3.35. The van der Waals surface area contributed by atoms with Crippen LogP contribution in [0.3, 0.4) is 0 Å². The Hall–Kier alpha value is -1.88. The number of nitrogen functional groups attached to an aromatic ring is 1. The SMILES string of the molecule is CCOc1ccc(C(=O)c2cc(N)ccc2F)cc1Br. The molecule has 2 rings (SSSR count). The second-order valence-electron chi connectivity index (χ2n) is 4.15. The van der Waals surface area contributed by atoms with Gasteiger partial charge in [0.1, 0.15) is 11.6 Å². The van der Waals surface area contributed by atoms with Gasteiger partial charge in [-0.2, -0.15) is 0 Å². The van der Waals surface area contributed by atoms with E-state index in [-0.39, 0.29) is 5.56 Å². The molecule has 0 radical (unpaired) electrons. The van der Waals surface area contributed by atoms with Crippen LogP contribution >= 0.6 is 15.9 Å². The average Bonchev–Trinajstić information content (AvgIpc) is 2.43. The summed E-state index contributed by atoms with van der Waals surface area (Å²) in [6.45, 7) is 2.39. The topological polar surface area (TPSA) is 52.3 Å². The lowest BCUT2D eigenvalue weighted by Crippen LogP contribution is -2.05. The van der Waals surface area contributed by atoms with Crippen LogP contribution < -0.4 is 10.5 Å². The van der Waals surface area contributed by atoms with Crippen molar-refractivity contribution in [3.63, 3.8) is 0 Å². The summed E-state index contributed by atoms with van der Waals surface area (Å²) in [6.07, 6.45) is 0. The molecule has 0 amide bonds. The summed E-state index contributed by atoms with van der Waals surface area (Å²) >= 11 is 3.33. The second-order valence-corrected chi connectivity index (χ2v) is 5.00. The molecule has 3 nitrogen and oxygen atoms in total. The molecule has 0 aliphatic carbocycles. The zero-order valence-electron chi connectivity index (χ0n) is 10.8. The van der Waals surface area contributed by atoms with Crippen LogP contribution in [-0.4, -0.2) is 12.4 Å². The fraction of sp³-hybridized carbons (Fsp3) is 0.133. The van der Waals surface area contributed by atoms with Gasteiger partial charge in [0.15, 0.2) is 5.78 Å². The largest absolute Gasteiger partial charge is 0.493 e. The summed E-state index contributed by atoms with van der Waals surface area (Å²) in [5.74, 6) is -0.371. The van der Waals surface area contributed by atoms with Crippen LogP contribution in [0.25, 0.3) is 0 Å². The van der Waals surface area contributed by atoms with Crippen LogP contribution in [-0.2, 0) is 0 Å². The van der Waals surface area contributed by atoms with Crippen LogP contribution in [0.5, 0.6) is 5.75 Å². The number of halogens is 2. The molecule has 0 spiro atoms. The maximum absolute atomic E-state index is 13.7. The Bertz CT molecular complexity index is 658. The Balaban J connectivity index is 2.38. The van der Waals surface area contributed by atoms with Crippen molar-refractivity contribution >= 4 is 27.4 Å². The standard InChI is InChI=1S/C15H13BrFNO2/c1-2-20-14-6-3-9(7-12(14)16)15(19)11-8-10(18)4-5-13(11)17/h3-8H,2,18H2,1H3. The van der Waals surface area contributed by atoms with Crippen LogP contribution in [0.15, 0.2) is 40.9 Å². The summed E-state index contributed by atoms with van der Waals surface area (Å²) < 4.78 is 19.7. The van der Waals surface area contributed by atoms with Crippen LogP contribution in [0.1, 0.15) is 22.8 Å². The van der Waals surface area contributed by atoms with E-state index in [1.54, 1.807) is 18.2 Å². The lowest BCUT2D eigenvalue weighted by molar-refractivity contribution is 0.103. The Morgan fingerprint density at radius 1 is 1.30 bits per heavy atom. The van der Waals surface area contributed by atoms with Crippen molar-refractivity contribution in [1.29, 1.82) is 0 Å². The maximum Gasteiger partial charge on any atom is 0.196 e. The van der Waals surface area contributed by atoms with Crippen molar-refractivity contribution < 1.29 is 13.9 Å². The quantitative estimate of drug-likeness (QED) is 0.681. The van der Waals surface area contributed by atoms with Crippen LogP contribution in [0.2, 0.25) is 0 Å². The average molecular weight is 338 g/mol. The summed E-state index contributed by atoms with van der Waals surface area (Å²) in [7, 11) is 0. The Morgan fingerprint density at radius 3 is 2.70 bits per heavy atom. The minimum atomic E-state index is -0.589. The monoisotopic (exact) mass is 337 g/mol. The number of rotatable bonds is 4. The van der Waals surface area contributed by atoms with E-state index in [4.69, 9.17) is 10.5 Å². The lowest BCUT2D eigenvalue weighted by atomic mass is 10.0. The van der Waals surface area contributed by atoms with Crippen molar-refractivity contribution in [3.05, 3.63) is 57.8 Å². The number of hydrogen-bond acceptors (Lipinski definition) is 3. The first-order valence-corrected chi connectivity index (χ1v) is 6.84. The van der Waals surface area contributed by atoms with Crippen molar-refractivity contribution in [2.45, 2.75) is 6.92 Å². The summed E-state index contributed by atoms with van der Waals surface area (Å²) in [4.78, 5) is 12.3. The zero-order valence-corrected chi connectivity index (χ0v) is 12.4. The van der Waals surface area contributed by atoms with Gasteiger partial charge < -0.3 is 10.5 Å². The Morgan fingerprint density at radius 2 is 2.05 bits per heavy atom. The van der Waals surface area contributed by atoms with E-state index < -0.39 is 11.6 Å². The van der Waals surface area contributed by atoms with E-state index in [9.17, 15) is 9.18 Å². The molecule has 0 aliphatic rings. The van der Waals surface area contributed by atoms with Gasteiger partial charge in [-0.1, -0.05) is 0 Å². The van der Waals surface area contributed by atoms with Crippen molar-refractivity contribution in [2.75, 3.05) is 12.3 Å². The van der Waals surface area contributed by atoms with E-state index in [1.807, 2.05) is 6.92 Å². The number of benzene rings is 2. The highest BCUT2D eigenvalue weighted by atomic mass is 79.9. The minimum absolute atomic E-state index is 0.0407. The molecule has 2 aromatic carbocycles. The number of carbonyl (C=O) groups is 1. The third-order valence-electron chi connectivity index (χ3n) is 2.73. The highest BCUT2D eigenvalue weighted by Crippen LogP contribution is 2.27. The minimum Gasteiger partial charge on any atom is -0.493 e. The fourth-order valence-corrected chi connectivity index (χ4v) is 2.28. The van der Waals surface area contributed by atoms with Gasteiger partial charge in [-0.05, 0) is 59.3 Å². The second kappa shape index (κ2) is 6.05. The van der Waals surface area contributed by atoms with Gasteiger partial charge in [0.05, 0.1) is 16.6 Å². The van der Waals surface area contributed by atoms with Gasteiger partial charge >= 0.3 is 0 Å². The number of ether oxygens (including phenoxy) is 1. The third kappa shape index (κ3) is 2.99. The van der Waals surface area contributed by atoms with E-state index in [0.717, 1.165) is 0 Å². The van der Waals surface area contributed by atoms with Crippen molar-refractivity contribution in [3.8, 4) is 5.75 Å². The molecule has 5 heteroatoms. The number of carbonyl (C=O) groups excluding carboxylic acids is 1. The lowest BCUT2D eigenvalue weighted by Gasteiger charge is -2.08. The van der Waals surface area contributed by atoms with Gasteiger partial charge in [0.2, 0.25) is 0 Å². The molecule has 20 heavy (non-hydrogen) atoms. The van der Waals surface area contributed by atoms with Gasteiger partial charge in [-0.25, -0.2) is 4.39 Å². The van der Waals surface area contributed by atoms with E-state index in [1.165, 1.54) is 18.2 Å². The van der Waals surface area contributed by atoms with E-state index in [0.29, 0.717) is 28.1 Å². The highest BCUT2D eigenvalue weighted by molar-refractivity contribution is 9.10. The molecule has 0 unspecified atom stereocenters. The highest BCUT2D eigenvalue weighted by Gasteiger charge is 2.15. The first-order chi connectivity index (χ1) is 9.52. The maximum atomic E-state index is 13.7. The van der Waals surface area contributed by atoms with Crippen molar-refractivity contribution in [2.24, 2.45) is 0 Å². The number of ketones is 1. The van der Waals surface area contributed by atoms with Gasteiger partial charge in [0.25, 0.3) is 0 Å². The first-order valence-electron chi connectivity index (χ1n) is 6.05. The molecule has 2 N–H and O–H groups in total. The molecule has 0 aromatic heterocycles. The molecule has 0 saturated heterocycles. The summed E-state index contributed by atoms with van der Waals surface area (Å²) in [5, 5.41) is 0. The zero-order chi connectivity index (χ0) is 14.7. The Kier molecular flexibility index (Phi) is 4.39. The molecule has 0 atom stereocenters. The summed E-state index contributed by atoms with van der Waals surface area (Å²) in [5.41, 5.74) is 6.26. The molecule has 0 heterocycles. The molecule has 0 fully saturated rings. The molecule has 2 aromatic rings. The van der Waals surface area contributed by atoms with Crippen LogP contribution in [0.4, 0.5) is 10.1 Å². The molecule has 0 saturated carbocycles. The predicted molar refractivity (Wildman–Crippen MR) is 79.6 cm³/mol. The Labute approximate surface area is 124 Å². The molecule has 0 aliphatic heterocycles. The molecule has 0 bridgehead atoms. The first kappa shape index (κ1) is 14.5. The van der Waals surface area contributed by atoms with Gasteiger partial charge in [-0.15, -0.1) is 0 Å². The predicted octanol–water partition coefficient (Wildman–Crippen LogP) is 3.80. The van der Waals surface area contributed by atoms with Gasteiger partial charge in [-0.3, -0.25) is 4.79 Å². The summed E-state index contributed by atoms with van der Waals surface area (Å²) in [6, 6.07) is 8.82.